The van der Waals surface area contributed by atoms with E-state index in [0.717, 1.165) is 0 Å². The summed E-state index contributed by atoms with van der Waals surface area (Å²) < 4.78 is 17.7. The highest BCUT2D eigenvalue weighted by molar-refractivity contribution is 5.88. The average Bonchev–Trinajstić information content (AvgIpc) is 2.87. The number of carbonyl (C=O) groups is 2. The second kappa shape index (κ2) is 6.35. The van der Waals surface area contributed by atoms with Crippen LogP contribution in [-0.4, -0.2) is 29.9 Å². The Bertz CT molecular complexity index is 580. The van der Waals surface area contributed by atoms with Crippen LogP contribution in [0.1, 0.15) is 30.9 Å². The topological polar surface area (TPSA) is 70.4 Å². The van der Waals surface area contributed by atoms with E-state index in [2.05, 4.69) is 0 Å². The van der Waals surface area contributed by atoms with E-state index >= 15 is 0 Å². The lowest BCUT2D eigenvalue weighted by Crippen LogP contribution is -2.41. The van der Waals surface area contributed by atoms with Crippen molar-refractivity contribution in [1.29, 1.82) is 5.26 Å². The van der Waals surface area contributed by atoms with E-state index in [4.69, 9.17) is 10.00 Å². The van der Waals surface area contributed by atoms with Gasteiger partial charge in [-0.15, -0.1) is 0 Å². The Morgan fingerprint density at radius 3 is 2.76 bits per heavy atom. The maximum absolute atomic E-state index is 13.0. The lowest BCUT2D eigenvalue weighted by atomic mass is 10.0. The average molecular weight is 290 g/mol. The minimum absolute atomic E-state index is 0.0326. The van der Waals surface area contributed by atoms with E-state index in [9.17, 15) is 14.0 Å². The van der Waals surface area contributed by atoms with Crippen LogP contribution in [0.15, 0.2) is 24.3 Å². The maximum atomic E-state index is 13.0. The van der Waals surface area contributed by atoms with Crippen molar-refractivity contribution in [3.8, 4) is 6.07 Å². The molecule has 0 aromatic heterocycles. The van der Waals surface area contributed by atoms with E-state index in [1.165, 1.54) is 36.3 Å². The van der Waals surface area contributed by atoms with Gasteiger partial charge in [0.25, 0.3) is 0 Å². The lowest BCUT2D eigenvalue weighted by Gasteiger charge is -2.31. The SMILES string of the molecule is COC(=O)C1CCC(=O)N1C(CC#N)c1ccc(F)cc1. The van der Waals surface area contributed by atoms with Crippen LogP contribution in [0.3, 0.4) is 0 Å². The van der Waals surface area contributed by atoms with Crippen molar-refractivity contribution in [3.63, 3.8) is 0 Å². The van der Waals surface area contributed by atoms with Crippen LogP contribution < -0.4 is 0 Å². The van der Waals surface area contributed by atoms with E-state index < -0.39 is 23.9 Å². The van der Waals surface area contributed by atoms with E-state index in [-0.39, 0.29) is 18.7 Å². The fraction of sp³-hybridized carbons (Fsp3) is 0.400. The van der Waals surface area contributed by atoms with Crippen molar-refractivity contribution in [2.45, 2.75) is 31.3 Å². The smallest absolute Gasteiger partial charge is 0.328 e. The van der Waals surface area contributed by atoms with Crippen LogP contribution in [0.25, 0.3) is 0 Å². The number of esters is 1. The first-order chi connectivity index (χ1) is 10.1. The molecule has 0 spiro atoms. The van der Waals surface area contributed by atoms with Crippen LogP contribution in [0.5, 0.6) is 0 Å². The summed E-state index contributed by atoms with van der Waals surface area (Å²) in [7, 11) is 1.26. The molecule has 1 saturated heterocycles. The quantitative estimate of drug-likeness (QED) is 0.795. The summed E-state index contributed by atoms with van der Waals surface area (Å²) in [4.78, 5) is 25.3. The Kier molecular flexibility index (Phi) is 4.53. The van der Waals surface area contributed by atoms with Gasteiger partial charge in [0.15, 0.2) is 0 Å². The van der Waals surface area contributed by atoms with Gasteiger partial charge in [-0.2, -0.15) is 5.26 Å². The van der Waals surface area contributed by atoms with E-state index in [1.54, 1.807) is 0 Å². The molecule has 1 aromatic rings. The molecule has 1 amide bonds. The predicted molar refractivity (Wildman–Crippen MR) is 71.3 cm³/mol. The molecule has 2 unspecified atom stereocenters. The number of methoxy groups -OCH3 is 1. The van der Waals surface area contributed by atoms with Crippen molar-refractivity contribution >= 4 is 11.9 Å². The monoisotopic (exact) mass is 290 g/mol. The molecular formula is C15H15FN2O3. The summed E-state index contributed by atoms with van der Waals surface area (Å²) in [5, 5.41) is 9.00. The highest BCUT2D eigenvalue weighted by Crippen LogP contribution is 2.33. The van der Waals surface area contributed by atoms with Gasteiger partial charge in [-0.25, -0.2) is 9.18 Å². The Morgan fingerprint density at radius 2 is 2.19 bits per heavy atom. The van der Waals surface area contributed by atoms with Gasteiger partial charge in [-0.1, -0.05) is 12.1 Å². The third-order valence-corrected chi connectivity index (χ3v) is 3.60. The molecule has 0 radical (unpaired) electrons. The van der Waals surface area contributed by atoms with E-state index in [0.29, 0.717) is 12.0 Å². The minimum atomic E-state index is -0.689. The van der Waals surface area contributed by atoms with Crippen molar-refractivity contribution in [2.75, 3.05) is 7.11 Å². The standard InChI is InChI=1S/C15H15FN2O3/c1-21-15(20)13-6-7-14(19)18(13)12(8-9-17)10-2-4-11(16)5-3-10/h2-5,12-13H,6-8H2,1H3. The van der Waals surface area contributed by atoms with Gasteiger partial charge < -0.3 is 9.64 Å². The molecule has 1 fully saturated rings. The number of hydrogen-bond donors (Lipinski definition) is 0. The van der Waals surface area contributed by atoms with Crippen molar-refractivity contribution in [3.05, 3.63) is 35.6 Å². The molecule has 21 heavy (non-hydrogen) atoms. The first-order valence-electron chi connectivity index (χ1n) is 6.60. The van der Waals surface area contributed by atoms with Gasteiger partial charge in [0, 0.05) is 6.42 Å². The van der Waals surface area contributed by atoms with Crippen LogP contribution in [0.4, 0.5) is 4.39 Å². The molecule has 6 heteroatoms. The Hall–Kier alpha value is -2.42. The Balaban J connectivity index is 2.35. The number of halogens is 1. The number of hydrogen-bond acceptors (Lipinski definition) is 4. The third-order valence-electron chi connectivity index (χ3n) is 3.60. The zero-order valence-electron chi connectivity index (χ0n) is 11.6. The number of ether oxygens (including phenoxy) is 1. The van der Waals surface area contributed by atoms with Gasteiger partial charge in [-0.3, -0.25) is 4.79 Å². The molecule has 0 saturated carbocycles. The molecule has 2 atom stereocenters. The first kappa shape index (κ1) is 15.0. The molecular weight excluding hydrogens is 275 g/mol. The number of benzene rings is 1. The van der Waals surface area contributed by atoms with Crippen LogP contribution in [0, 0.1) is 17.1 Å². The molecule has 1 heterocycles. The number of nitrogens with zero attached hydrogens (tertiary/aromatic N) is 2. The summed E-state index contributed by atoms with van der Waals surface area (Å²) in [6, 6.07) is 6.35. The second-order valence-electron chi connectivity index (χ2n) is 4.81. The molecule has 2 rings (SSSR count). The summed E-state index contributed by atoms with van der Waals surface area (Å²) in [6.07, 6.45) is 0.641. The fourth-order valence-corrected chi connectivity index (χ4v) is 2.61. The second-order valence-corrected chi connectivity index (χ2v) is 4.81. The molecule has 5 nitrogen and oxygen atoms in total. The molecule has 1 aliphatic rings. The van der Waals surface area contributed by atoms with Gasteiger partial charge in [0.05, 0.1) is 25.6 Å². The summed E-state index contributed by atoms with van der Waals surface area (Å²) in [6.45, 7) is 0. The third kappa shape index (κ3) is 3.02. The van der Waals surface area contributed by atoms with Gasteiger partial charge in [0.2, 0.25) is 5.91 Å². The van der Waals surface area contributed by atoms with Gasteiger partial charge in [0.1, 0.15) is 11.9 Å². The largest absolute Gasteiger partial charge is 0.467 e. The zero-order valence-corrected chi connectivity index (χ0v) is 11.6. The lowest BCUT2D eigenvalue weighted by molar-refractivity contribution is -0.150. The molecule has 1 aliphatic heterocycles. The molecule has 0 N–H and O–H groups in total. The van der Waals surface area contributed by atoms with Crippen LogP contribution in [-0.2, 0) is 14.3 Å². The van der Waals surface area contributed by atoms with Crippen molar-refractivity contribution < 1.29 is 18.7 Å². The molecule has 1 aromatic carbocycles. The van der Waals surface area contributed by atoms with Gasteiger partial charge in [-0.05, 0) is 24.1 Å². The number of nitriles is 1. The van der Waals surface area contributed by atoms with E-state index in [1.807, 2.05) is 6.07 Å². The van der Waals surface area contributed by atoms with Crippen LogP contribution >= 0.6 is 0 Å². The maximum Gasteiger partial charge on any atom is 0.328 e. The minimum Gasteiger partial charge on any atom is -0.467 e. The van der Waals surface area contributed by atoms with Crippen molar-refractivity contribution in [2.24, 2.45) is 0 Å². The number of likely N-dealkylation sites (tertiary alicyclic amines) is 1. The normalized spacial score (nSPS) is 19.2. The number of amides is 1. The predicted octanol–water partition coefficient (Wildman–Crippen LogP) is 1.94. The first-order valence-corrected chi connectivity index (χ1v) is 6.60. The fourth-order valence-electron chi connectivity index (χ4n) is 2.61. The highest BCUT2D eigenvalue weighted by Gasteiger charge is 2.41. The Labute approximate surface area is 121 Å². The van der Waals surface area contributed by atoms with Crippen molar-refractivity contribution in [1.82, 2.24) is 4.90 Å². The van der Waals surface area contributed by atoms with Gasteiger partial charge >= 0.3 is 5.97 Å². The number of rotatable bonds is 4. The molecule has 110 valence electrons. The molecule has 0 bridgehead atoms. The zero-order chi connectivity index (χ0) is 15.4. The highest BCUT2D eigenvalue weighted by atomic mass is 19.1. The summed E-state index contributed by atoms with van der Waals surface area (Å²) >= 11 is 0. The molecule has 0 aliphatic carbocycles. The Morgan fingerprint density at radius 1 is 1.52 bits per heavy atom. The summed E-state index contributed by atoms with van der Waals surface area (Å²) in [5.41, 5.74) is 0.627. The number of carbonyl (C=O) groups excluding carboxylic acids is 2. The summed E-state index contributed by atoms with van der Waals surface area (Å²) in [5.74, 6) is -1.09. The van der Waals surface area contributed by atoms with Crippen LogP contribution in [0.2, 0.25) is 0 Å².